The summed E-state index contributed by atoms with van der Waals surface area (Å²) in [6.45, 7) is 4.54. The van der Waals surface area contributed by atoms with Crippen LogP contribution in [0.25, 0.3) is 11.1 Å². The van der Waals surface area contributed by atoms with Crippen molar-refractivity contribution in [1.82, 2.24) is 0 Å². The van der Waals surface area contributed by atoms with Gasteiger partial charge in [-0.2, -0.15) is 0 Å². The Hall–Kier alpha value is -1.87. The van der Waals surface area contributed by atoms with Crippen molar-refractivity contribution < 1.29 is 9.13 Å². The van der Waals surface area contributed by atoms with Crippen molar-refractivity contribution in [2.75, 3.05) is 0 Å². The summed E-state index contributed by atoms with van der Waals surface area (Å²) in [5, 5.41) is 0. The standard InChI is InChI=1S/C17H18FNO/c1-17(2)9-13-7-11(4-6-16(13)20-17)15-8-14(18)5-3-12(15)10-19/h3-8H,9-10,19H2,1-2H3. The molecule has 1 aliphatic rings. The van der Waals surface area contributed by atoms with Crippen molar-refractivity contribution >= 4 is 0 Å². The highest BCUT2D eigenvalue weighted by molar-refractivity contribution is 5.69. The van der Waals surface area contributed by atoms with Gasteiger partial charge in [-0.05, 0) is 60.4 Å². The fraction of sp³-hybridized carbons (Fsp3) is 0.294. The molecule has 2 aromatic carbocycles. The summed E-state index contributed by atoms with van der Waals surface area (Å²) in [6.07, 6.45) is 0.865. The molecule has 0 aliphatic carbocycles. The molecule has 3 rings (SSSR count). The first-order chi connectivity index (χ1) is 9.48. The fourth-order valence-corrected chi connectivity index (χ4v) is 2.77. The molecule has 0 bridgehead atoms. The van der Waals surface area contributed by atoms with Crippen LogP contribution < -0.4 is 10.5 Å². The zero-order valence-corrected chi connectivity index (χ0v) is 11.7. The number of halogens is 1. The van der Waals surface area contributed by atoms with E-state index in [1.807, 2.05) is 12.1 Å². The predicted octanol–water partition coefficient (Wildman–Crippen LogP) is 3.66. The Morgan fingerprint density at radius 3 is 2.75 bits per heavy atom. The van der Waals surface area contributed by atoms with E-state index in [-0.39, 0.29) is 11.4 Å². The Kier molecular flexibility index (Phi) is 3.02. The van der Waals surface area contributed by atoms with Gasteiger partial charge >= 0.3 is 0 Å². The van der Waals surface area contributed by atoms with Crippen molar-refractivity contribution in [2.24, 2.45) is 5.73 Å². The molecular weight excluding hydrogens is 253 g/mol. The average molecular weight is 271 g/mol. The maximum atomic E-state index is 13.5. The normalized spacial score (nSPS) is 15.8. The molecule has 3 heteroatoms. The molecule has 2 N–H and O–H groups in total. The summed E-state index contributed by atoms with van der Waals surface area (Å²) < 4.78 is 19.4. The molecule has 1 heterocycles. The molecule has 0 atom stereocenters. The smallest absolute Gasteiger partial charge is 0.123 e. The Bertz CT molecular complexity index is 664. The summed E-state index contributed by atoms with van der Waals surface area (Å²) in [5.41, 5.74) is 9.55. The van der Waals surface area contributed by atoms with Gasteiger partial charge in [0.2, 0.25) is 0 Å². The monoisotopic (exact) mass is 271 g/mol. The summed E-state index contributed by atoms with van der Waals surface area (Å²) >= 11 is 0. The number of hydrogen-bond donors (Lipinski definition) is 1. The van der Waals surface area contributed by atoms with E-state index in [2.05, 4.69) is 19.9 Å². The topological polar surface area (TPSA) is 35.2 Å². The third-order valence-electron chi connectivity index (χ3n) is 3.67. The van der Waals surface area contributed by atoms with Gasteiger partial charge in [-0.3, -0.25) is 0 Å². The Morgan fingerprint density at radius 2 is 2.00 bits per heavy atom. The maximum absolute atomic E-state index is 13.5. The van der Waals surface area contributed by atoms with Crippen LogP contribution >= 0.6 is 0 Å². The highest BCUT2D eigenvalue weighted by Crippen LogP contribution is 2.38. The maximum Gasteiger partial charge on any atom is 0.123 e. The second kappa shape index (κ2) is 4.60. The van der Waals surface area contributed by atoms with Crippen molar-refractivity contribution in [3.05, 3.63) is 53.3 Å². The number of hydrogen-bond acceptors (Lipinski definition) is 2. The molecular formula is C17H18FNO. The lowest BCUT2D eigenvalue weighted by Crippen LogP contribution is -2.24. The first kappa shape index (κ1) is 13.1. The predicted molar refractivity (Wildman–Crippen MR) is 78.1 cm³/mol. The van der Waals surface area contributed by atoms with Crippen LogP contribution in [0.5, 0.6) is 5.75 Å². The van der Waals surface area contributed by atoms with E-state index in [1.165, 1.54) is 11.6 Å². The highest BCUT2D eigenvalue weighted by Gasteiger charge is 2.30. The lowest BCUT2D eigenvalue weighted by atomic mass is 9.95. The van der Waals surface area contributed by atoms with E-state index in [0.29, 0.717) is 6.54 Å². The van der Waals surface area contributed by atoms with E-state index in [9.17, 15) is 4.39 Å². The summed E-state index contributed by atoms with van der Waals surface area (Å²) in [6, 6.07) is 10.8. The summed E-state index contributed by atoms with van der Waals surface area (Å²) in [5.74, 6) is 0.679. The van der Waals surface area contributed by atoms with E-state index >= 15 is 0 Å². The third-order valence-corrected chi connectivity index (χ3v) is 3.67. The van der Waals surface area contributed by atoms with Gasteiger partial charge in [0.1, 0.15) is 17.2 Å². The van der Waals surface area contributed by atoms with Crippen LogP contribution in [0.4, 0.5) is 4.39 Å². The number of fused-ring (bicyclic) bond motifs is 1. The second-order valence-electron chi connectivity index (χ2n) is 5.87. The minimum atomic E-state index is -0.241. The van der Waals surface area contributed by atoms with E-state index < -0.39 is 0 Å². The van der Waals surface area contributed by atoms with Gasteiger partial charge in [0, 0.05) is 13.0 Å². The van der Waals surface area contributed by atoms with Gasteiger partial charge in [0.25, 0.3) is 0 Å². The van der Waals surface area contributed by atoms with Gasteiger partial charge in [0.05, 0.1) is 0 Å². The lowest BCUT2D eigenvalue weighted by Gasteiger charge is -2.16. The molecule has 20 heavy (non-hydrogen) atoms. The van der Waals surface area contributed by atoms with Crippen molar-refractivity contribution in [3.63, 3.8) is 0 Å². The molecule has 0 unspecified atom stereocenters. The highest BCUT2D eigenvalue weighted by atomic mass is 19.1. The zero-order valence-electron chi connectivity index (χ0n) is 11.7. The Labute approximate surface area is 118 Å². The molecule has 1 aliphatic heterocycles. The van der Waals surface area contributed by atoms with Crippen LogP contribution in [-0.2, 0) is 13.0 Å². The summed E-state index contributed by atoms with van der Waals surface area (Å²) in [4.78, 5) is 0. The fourth-order valence-electron chi connectivity index (χ4n) is 2.77. The first-order valence-electron chi connectivity index (χ1n) is 6.79. The van der Waals surface area contributed by atoms with Gasteiger partial charge in [-0.15, -0.1) is 0 Å². The molecule has 0 fully saturated rings. The molecule has 0 saturated heterocycles. The van der Waals surface area contributed by atoms with Crippen LogP contribution in [0, 0.1) is 5.82 Å². The quantitative estimate of drug-likeness (QED) is 0.904. The van der Waals surface area contributed by atoms with Crippen LogP contribution in [0.15, 0.2) is 36.4 Å². The first-order valence-corrected chi connectivity index (χ1v) is 6.79. The number of ether oxygens (including phenoxy) is 1. The van der Waals surface area contributed by atoms with Crippen molar-refractivity contribution in [2.45, 2.75) is 32.4 Å². The van der Waals surface area contributed by atoms with Gasteiger partial charge in [0.15, 0.2) is 0 Å². The molecule has 2 aromatic rings. The second-order valence-corrected chi connectivity index (χ2v) is 5.87. The Morgan fingerprint density at radius 1 is 1.20 bits per heavy atom. The van der Waals surface area contributed by atoms with Crippen LogP contribution in [0.2, 0.25) is 0 Å². The average Bonchev–Trinajstić information content (AvgIpc) is 2.71. The number of benzene rings is 2. The van der Waals surface area contributed by atoms with Gasteiger partial charge in [-0.1, -0.05) is 12.1 Å². The number of nitrogens with two attached hydrogens (primary N) is 1. The SMILES string of the molecule is CC1(C)Cc2cc(-c3cc(F)ccc3CN)ccc2O1. The van der Waals surface area contributed by atoms with Crippen molar-refractivity contribution in [3.8, 4) is 16.9 Å². The van der Waals surface area contributed by atoms with Crippen molar-refractivity contribution in [1.29, 1.82) is 0 Å². The van der Waals surface area contributed by atoms with Crippen LogP contribution in [0.1, 0.15) is 25.0 Å². The number of rotatable bonds is 2. The molecule has 0 radical (unpaired) electrons. The van der Waals surface area contributed by atoms with Crippen LogP contribution in [0.3, 0.4) is 0 Å². The molecule has 0 spiro atoms. The summed E-state index contributed by atoms with van der Waals surface area (Å²) in [7, 11) is 0. The third kappa shape index (κ3) is 2.29. The molecule has 2 nitrogen and oxygen atoms in total. The van der Waals surface area contributed by atoms with E-state index in [0.717, 1.165) is 28.9 Å². The molecule has 0 saturated carbocycles. The molecule has 0 aromatic heterocycles. The minimum Gasteiger partial charge on any atom is -0.487 e. The van der Waals surface area contributed by atoms with E-state index in [1.54, 1.807) is 12.1 Å². The Balaban J connectivity index is 2.07. The largest absolute Gasteiger partial charge is 0.487 e. The zero-order chi connectivity index (χ0) is 14.3. The van der Waals surface area contributed by atoms with Gasteiger partial charge in [-0.25, -0.2) is 4.39 Å². The van der Waals surface area contributed by atoms with Crippen LogP contribution in [-0.4, -0.2) is 5.60 Å². The molecule has 0 amide bonds. The minimum absolute atomic E-state index is 0.167. The molecule has 104 valence electrons. The van der Waals surface area contributed by atoms with E-state index in [4.69, 9.17) is 10.5 Å². The van der Waals surface area contributed by atoms with Gasteiger partial charge < -0.3 is 10.5 Å². The lowest BCUT2D eigenvalue weighted by molar-refractivity contribution is 0.138.